The van der Waals surface area contributed by atoms with Crippen molar-refractivity contribution in [2.75, 3.05) is 0 Å². The van der Waals surface area contributed by atoms with Crippen LogP contribution in [-0.4, -0.2) is 16.7 Å². The molecule has 0 atom stereocenters. The normalized spacial score (nSPS) is 11.2. The van der Waals surface area contributed by atoms with Crippen molar-refractivity contribution >= 4 is 23.3 Å². The van der Waals surface area contributed by atoms with Crippen LogP contribution >= 0.6 is 11.6 Å². The summed E-state index contributed by atoms with van der Waals surface area (Å²) in [6.45, 7) is 0. The van der Waals surface area contributed by atoms with E-state index < -0.39 is 0 Å². The summed E-state index contributed by atoms with van der Waals surface area (Å²) < 4.78 is 0. The first-order valence-corrected chi connectivity index (χ1v) is 8.58. The maximum Gasteiger partial charge on any atom is 0.335 e. The van der Waals surface area contributed by atoms with Crippen LogP contribution in [0.15, 0.2) is 84.3 Å². The van der Waals surface area contributed by atoms with Gasteiger partial charge >= 0.3 is 5.97 Å². The largest absolute Gasteiger partial charge is 0.335 e. The van der Waals surface area contributed by atoms with Crippen LogP contribution < -0.4 is 0 Å². The molecule has 2 aromatic carbocycles. The summed E-state index contributed by atoms with van der Waals surface area (Å²) in [7, 11) is 0. The molecule has 0 unspecified atom stereocenters. The van der Waals surface area contributed by atoms with Gasteiger partial charge in [0.25, 0.3) is 0 Å². The zero-order valence-corrected chi connectivity index (χ0v) is 14.8. The van der Waals surface area contributed by atoms with Crippen LogP contribution in [0.25, 0.3) is 0 Å². The summed E-state index contributed by atoms with van der Waals surface area (Å²) in [5.41, 5.74) is 3.24. The number of oxime groups is 1. The predicted molar refractivity (Wildman–Crippen MR) is 102 cm³/mol. The monoisotopic (exact) mass is 364 g/mol. The standard InChI is InChI=1S/C21H17ClN2O2/c22-19-9-7-17(8-10-19)21(18-12-14-23-15-13-18)24-26-20(25)11-6-16-4-2-1-3-5-16/h1-5,7-10,12-15H,6,11H2. The maximum absolute atomic E-state index is 12.1. The van der Waals surface area contributed by atoms with Crippen molar-refractivity contribution in [2.45, 2.75) is 12.8 Å². The first-order chi connectivity index (χ1) is 12.7. The lowest BCUT2D eigenvalue weighted by Crippen LogP contribution is -2.08. The van der Waals surface area contributed by atoms with Gasteiger partial charge in [-0.15, -0.1) is 0 Å². The second kappa shape index (κ2) is 8.92. The van der Waals surface area contributed by atoms with Gasteiger partial charge in [0.2, 0.25) is 0 Å². The molecule has 0 aliphatic rings. The van der Waals surface area contributed by atoms with Crippen LogP contribution in [0.1, 0.15) is 23.1 Å². The highest BCUT2D eigenvalue weighted by Crippen LogP contribution is 2.15. The average Bonchev–Trinajstić information content (AvgIpc) is 2.69. The number of aryl methyl sites for hydroxylation is 1. The van der Waals surface area contributed by atoms with E-state index in [1.165, 1.54) is 0 Å². The van der Waals surface area contributed by atoms with Gasteiger partial charge in [-0.1, -0.05) is 59.2 Å². The Morgan fingerprint density at radius 1 is 0.923 bits per heavy atom. The SMILES string of the molecule is O=C(CCc1ccccc1)ON=C(c1ccncc1)c1ccc(Cl)cc1. The van der Waals surface area contributed by atoms with Crippen LogP contribution in [-0.2, 0) is 16.1 Å². The topological polar surface area (TPSA) is 51.5 Å². The Labute approximate surface area is 157 Å². The molecule has 0 saturated heterocycles. The number of halogens is 1. The lowest BCUT2D eigenvalue weighted by Gasteiger charge is -2.07. The van der Waals surface area contributed by atoms with Crippen molar-refractivity contribution in [3.8, 4) is 0 Å². The van der Waals surface area contributed by atoms with Crippen LogP contribution in [0.2, 0.25) is 5.02 Å². The van der Waals surface area contributed by atoms with Gasteiger partial charge in [0.15, 0.2) is 0 Å². The molecule has 0 radical (unpaired) electrons. The summed E-state index contributed by atoms with van der Waals surface area (Å²) in [4.78, 5) is 21.2. The highest BCUT2D eigenvalue weighted by atomic mass is 35.5. The molecule has 1 heterocycles. The minimum atomic E-state index is -0.380. The zero-order chi connectivity index (χ0) is 18.2. The quantitative estimate of drug-likeness (QED) is 0.363. The predicted octanol–water partition coefficient (Wildman–Crippen LogP) is 4.66. The van der Waals surface area contributed by atoms with E-state index in [4.69, 9.17) is 16.4 Å². The summed E-state index contributed by atoms with van der Waals surface area (Å²) in [5, 5.41) is 4.73. The molecule has 130 valence electrons. The highest BCUT2D eigenvalue weighted by molar-refractivity contribution is 6.30. The molecule has 26 heavy (non-hydrogen) atoms. The first-order valence-electron chi connectivity index (χ1n) is 8.20. The van der Waals surface area contributed by atoms with Crippen LogP contribution in [0.5, 0.6) is 0 Å². The van der Waals surface area contributed by atoms with E-state index >= 15 is 0 Å². The maximum atomic E-state index is 12.1. The highest BCUT2D eigenvalue weighted by Gasteiger charge is 2.10. The van der Waals surface area contributed by atoms with Gasteiger partial charge in [0.1, 0.15) is 5.71 Å². The lowest BCUT2D eigenvalue weighted by atomic mass is 10.0. The molecule has 0 saturated carbocycles. The molecule has 0 aliphatic carbocycles. The lowest BCUT2D eigenvalue weighted by molar-refractivity contribution is -0.143. The summed E-state index contributed by atoms with van der Waals surface area (Å²) in [5.74, 6) is -0.380. The number of rotatable bonds is 6. The van der Waals surface area contributed by atoms with Crippen molar-refractivity contribution in [1.29, 1.82) is 0 Å². The molecule has 3 rings (SSSR count). The molecule has 1 aromatic heterocycles. The Morgan fingerprint density at radius 3 is 2.27 bits per heavy atom. The number of nitrogens with zero attached hydrogens (tertiary/aromatic N) is 2. The van der Waals surface area contributed by atoms with Crippen LogP contribution in [0, 0.1) is 0 Å². The molecule has 0 fully saturated rings. The molecule has 0 spiro atoms. The van der Waals surface area contributed by atoms with Crippen molar-refractivity contribution in [1.82, 2.24) is 4.98 Å². The minimum Gasteiger partial charge on any atom is -0.318 e. The number of pyridine rings is 1. The molecule has 0 amide bonds. The van der Waals surface area contributed by atoms with Crippen molar-refractivity contribution in [3.05, 3.63) is 101 Å². The fraction of sp³-hybridized carbons (Fsp3) is 0.0952. The molecule has 0 N–H and O–H groups in total. The molecule has 4 nitrogen and oxygen atoms in total. The number of carbonyl (C=O) groups excluding carboxylic acids is 1. The van der Waals surface area contributed by atoms with E-state index in [9.17, 15) is 4.79 Å². The van der Waals surface area contributed by atoms with E-state index in [2.05, 4.69) is 10.1 Å². The van der Waals surface area contributed by atoms with Gasteiger partial charge in [-0.2, -0.15) is 0 Å². The van der Waals surface area contributed by atoms with E-state index in [1.54, 1.807) is 24.5 Å². The zero-order valence-electron chi connectivity index (χ0n) is 14.0. The van der Waals surface area contributed by atoms with E-state index in [-0.39, 0.29) is 12.4 Å². The fourth-order valence-electron chi connectivity index (χ4n) is 2.42. The average molecular weight is 365 g/mol. The smallest absolute Gasteiger partial charge is 0.318 e. The Morgan fingerprint density at radius 2 is 1.58 bits per heavy atom. The van der Waals surface area contributed by atoms with E-state index in [1.807, 2.05) is 54.6 Å². The van der Waals surface area contributed by atoms with E-state index in [0.717, 1.165) is 16.7 Å². The number of carbonyl (C=O) groups is 1. The van der Waals surface area contributed by atoms with Gasteiger partial charge in [-0.25, -0.2) is 4.79 Å². The Kier molecular flexibility index (Phi) is 6.12. The molecular formula is C21H17ClN2O2. The second-order valence-electron chi connectivity index (χ2n) is 5.63. The van der Waals surface area contributed by atoms with Crippen LogP contribution in [0.3, 0.4) is 0 Å². The first kappa shape index (κ1) is 17.8. The summed E-state index contributed by atoms with van der Waals surface area (Å²) in [6, 6.07) is 20.6. The van der Waals surface area contributed by atoms with Crippen molar-refractivity contribution < 1.29 is 9.63 Å². The molecule has 5 heteroatoms. The second-order valence-corrected chi connectivity index (χ2v) is 6.07. The molecular weight excluding hydrogens is 348 g/mol. The third kappa shape index (κ3) is 5.01. The van der Waals surface area contributed by atoms with Gasteiger partial charge in [-0.05, 0) is 36.2 Å². The Balaban J connectivity index is 1.74. The van der Waals surface area contributed by atoms with Gasteiger partial charge < -0.3 is 4.84 Å². The van der Waals surface area contributed by atoms with Crippen LogP contribution in [0.4, 0.5) is 0 Å². The van der Waals surface area contributed by atoms with Crippen molar-refractivity contribution in [2.24, 2.45) is 5.16 Å². The van der Waals surface area contributed by atoms with Gasteiger partial charge in [-0.3, -0.25) is 4.98 Å². The number of hydrogen-bond acceptors (Lipinski definition) is 4. The van der Waals surface area contributed by atoms with Gasteiger partial charge in [0.05, 0.1) is 6.42 Å². The summed E-state index contributed by atoms with van der Waals surface area (Å²) in [6.07, 6.45) is 4.20. The Bertz CT molecular complexity index is 879. The molecule has 0 bridgehead atoms. The number of hydrogen-bond donors (Lipinski definition) is 0. The molecule has 3 aromatic rings. The third-order valence-electron chi connectivity index (χ3n) is 3.77. The summed E-state index contributed by atoms with van der Waals surface area (Å²) >= 11 is 5.95. The number of aromatic nitrogens is 1. The Hall–Kier alpha value is -2.98. The number of benzene rings is 2. The van der Waals surface area contributed by atoms with E-state index in [0.29, 0.717) is 17.2 Å². The molecule has 0 aliphatic heterocycles. The fourth-order valence-corrected chi connectivity index (χ4v) is 2.55. The van der Waals surface area contributed by atoms with Crippen molar-refractivity contribution in [3.63, 3.8) is 0 Å². The minimum absolute atomic E-state index is 0.262. The third-order valence-corrected chi connectivity index (χ3v) is 4.02. The van der Waals surface area contributed by atoms with Gasteiger partial charge in [0, 0.05) is 28.5 Å².